The van der Waals surface area contributed by atoms with Crippen molar-refractivity contribution in [3.63, 3.8) is 0 Å². The van der Waals surface area contributed by atoms with Gasteiger partial charge in [-0.05, 0) is 30.2 Å². The van der Waals surface area contributed by atoms with E-state index in [1.54, 1.807) is 18.3 Å². The first-order chi connectivity index (χ1) is 8.75. The molecule has 0 fully saturated rings. The van der Waals surface area contributed by atoms with Crippen LogP contribution in [0.3, 0.4) is 0 Å². The van der Waals surface area contributed by atoms with Crippen LogP contribution in [0.4, 0.5) is 11.5 Å². The van der Waals surface area contributed by atoms with Crippen LogP contribution in [0, 0.1) is 0 Å². The lowest BCUT2D eigenvalue weighted by molar-refractivity contribution is 0.103. The predicted octanol–water partition coefficient (Wildman–Crippen LogP) is 1.86. The molecule has 1 aromatic carbocycles. The average molecular weight is 239 g/mol. The first-order valence-electron chi connectivity index (χ1n) is 5.88. The van der Waals surface area contributed by atoms with Gasteiger partial charge in [-0.25, -0.2) is 4.98 Å². The van der Waals surface area contributed by atoms with Crippen molar-refractivity contribution in [1.82, 2.24) is 4.98 Å². The van der Waals surface area contributed by atoms with E-state index in [2.05, 4.69) is 10.3 Å². The van der Waals surface area contributed by atoms with Gasteiger partial charge in [-0.3, -0.25) is 4.79 Å². The van der Waals surface area contributed by atoms with Gasteiger partial charge in [0, 0.05) is 24.0 Å². The standard InChI is InChI=1S/C14H13N3O/c15-14-11(2-1-6-17-14)13(18)10-4-3-9-5-7-16-12(9)8-10/h1-4,6,8,16H,5,7H2,(H2,15,17). The van der Waals surface area contributed by atoms with Gasteiger partial charge in [0.2, 0.25) is 0 Å². The number of aromatic nitrogens is 1. The first kappa shape index (κ1) is 10.8. The van der Waals surface area contributed by atoms with Gasteiger partial charge in [0.05, 0.1) is 5.56 Å². The molecule has 4 heteroatoms. The minimum absolute atomic E-state index is 0.0860. The van der Waals surface area contributed by atoms with Gasteiger partial charge in [-0.2, -0.15) is 0 Å². The molecule has 0 amide bonds. The number of carbonyl (C=O) groups is 1. The van der Waals surface area contributed by atoms with Gasteiger partial charge in [0.25, 0.3) is 0 Å². The quantitative estimate of drug-likeness (QED) is 0.785. The highest BCUT2D eigenvalue weighted by atomic mass is 16.1. The zero-order valence-corrected chi connectivity index (χ0v) is 9.81. The monoisotopic (exact) mass is 239 g/mol. The lowest BCUT2D eigenvalue weighted by Gasteiger charge is -2.06. The minimum Gasteiger partial charge on any atom is -0.384 e. The number of nitrogens with zero attached hydrogens (tertiary/aromatic N) is 1. The number of rotatable bonds is 2. The molecule has 1 aromatic heterocycles. The van der Waals surface area contributed by atoms with E-state index in [1.165, 1.54) is 5.56 Å². The van der Waals surface area contributed by atoms with E-state index in [0.717, 1.165) is 18.7 Å². The Labute approximate surface area is 105 Å². The molecule has 0 radical (unpaired) electrons. The maximum absolute atomic E-state index is 12.3. The predicted molar refractivity (Wildman–Crippen MR) is 70.7 cm³/mol. The summed E-state index contributed by atoms with van der Waals surface area (Å²) in [5.74, 6) is 0.188. The van der Waals surface area contributed by atoms with Crippen molar-refractivity contribution in [3.8, 4) is 0 Å². The van der Waals surface area contributed by atoms with Crippen LogP contribution >= 0.6 is 0 Å². The van der Waals surface area contributed by atoms with Gasteiger partial charge in [-0.15, -0.1) is 0 Å². The fraction of sp³-hybridized carbons (Fsp3) is 0.143. The second kappa shape index (κ2) is 4.14. The molecule has 3 rings (SSSR count). The van der Waals surface area contributed by atoms with Gasteiger partial charge < -0.3 is 11.1 Å². The molecule has 1 aliphatic rings. The van der Waals surface area contributed by atoms with Crippen molar-refractivity contribution in [3.05, 3.63) is 53.2 Å². The summed E-state index contributed by atoms with van der Waals surface area (Å²) in [6, 6.07) is 9.15. The number of hydrogen-bond donors (Lipinski definition) is 2. The number of carbonyl (C=O) groups excluding carboxylic acids is 1. The topological polar surface area (TPSA) is 68.0 Å². The summed E-state index contributed by atoms with van der Waals surface area (Å²) >= 11 is 0. The number of nitrogens with two attached hydrogens (primary N) is 1. The maximum Gasteiger partial charge on any atom is 0.196 e. The third-order valence-corrected chi connectivity index (χ3v) is 3.17. The van der Waals surface area contributed by atoms with Gasteiger partial charge in [0.15, 0.2) is 5.78 Å². The molecule has 3 N–H and O–H groups in total. The molecular formula is C14H13N3O. The second-order valence-electron chi connectivity index (χ2n) is 4.31. The Morgan fingerprint density at radius 1 is 1.33 bits per heavy atom. The van der Waals surface area contributed by atoms with Crippen LogP contribution in [0.5, 0.6) is 0 Å². The van der Waals surface area contributed by atoms with Crippen LogP contribution in [-0.2, 0) is 6.42 Å². The van der Waals surface area contributed by atoms with Crippen LogP contribution < -0.4 is 11.1 Å². The van der Waals surface area contributed by atoms with Crippen molar-refractivity contribution in [1.29, 1.82) is 0 Å². The zero-order valence-electron chi connectivity index (χ0n) is 9.81. The van der Waals surface area contributed by atoms with E-state index in [9.17, 15) is 4.79 Å². The summed E-state index contributed by atoms with van der Waals surface area (Å²) in [7, 11) is 0. The van der Waals surface area contributed by atoms with E-state index in [0.29, 0.717) is 11.1 Å². The summed E-state index contributed by atoms with van der Waals surface area (Å²) in [5.41, 5.74) is 9.12. The summed E-state index contributed by atoms with van der Waals surface area (Å²) in [6.07, 6.45) is 2.59. The fourth-order valence-corrected chi connectivity index (χ4v) is 2.20. The van der Waals surface area contributed by atoms with E-state index < -0.39 is 0 Å². The molecule has 18 heavy (non-hydrogen) atoms. The molecule has 0 spiro atoms. The zero-order chi connectivity index (χ0) is 12.5. The molecule has 0 unspecified atom stereocenters. The van der Waals surface area contributed by atoms with Crippen LogP contribution in [0.25, 0.3) is 0 Å². The Hall–Kier alpha value is -2.36. The smallest absolute Gasteiger partial charge is 0.196 e. The average Bonchev–Trinajstić information content (AvgIpc) is 2.85. The van der Waals surface area contributed by atoms with Crippen LogP contribution in [0.1, 0.15) is 21.5 Å². The van der Waals surface area contributed by atoms with E-state index in [4.69, 9.17) is 5.73 Å². The first-order valence-corrected chi connectivity index (χ1v) is 5.88. The summed E-state index contributed by atoms with van der Waals surface area (Å²) < 4.78 is 0. The van der Waals surface area contributed by atoms with E-state index in [1.807, 2.05) is 18.2 Å². The van der Waals surface area contributed by atoms with E-state index >= 15 is 0 Å². The van der Waals surface area contributed by atoms with Gasteiger partial charge in [-0.1, -0.05) is 12.1 Å². The largest absolute Gasteiger partial charge is 0.384 e. The molecular weight excluding hydrogens is 226 g/mol. The lowest BCUT2D eigenvalue weighted by atomic mass is 10.0. The Bertz CT molecular complexity index is 622. The van der Waals surface area contributed by atoms with Crippen molar-refractivity contribution >= 4 is 17.3 Å². The normalized spacial score (nSPS) is 12.9. The van der Waals surface area contributed by atoms with Crippen molar-refractivity contribution in [2.45, 2.75) is 6.42 Å². The second-order valence-corrected chi connectivity index (χ2v) is 4.31. The number of fused-ring (bicyclic) bond motifs is 1. The SMILES string of the molecule is Nc1ncccc1C(=O)c1ccc2c(c1)NCC2. The Kier molecular flexibility index (Phi) is 2.48. The highest BCUT2D eigenvalue weighted by Crippen LogP contribution is 2.25. The van der Waals surface area contributed by atoms with Crippen molar-refractivity contribution in [2.75, 3.05) is 17.6 Å². The number of hydrogen-bond acceptors (Lipinski definition) is 4. The maximum atomic E-state index is 12.3. The van der Waals surface area contributed by atoms with Crippen molar-refractivity contribution in [2.24, 2.45) is 0 Å². The van der Waals surface area contributed by atoms with Crippen LogP contribution in [-0.4, -0.2) is 17.3 Å². The summed E-state index contributed by atoms with van der Waals surface area (Å²) in [4.78, 5) is 16.3. The van der Waals surface area contributed by atoms with E-state index in [-0.39, 0.29) is 11.6 Å². The number of anilines is 2. The molecule has 0 aliphatic carbocycles. The molecule has 4 nitrogen and oxygen atoms in total. The molecule has 0 saturated carbocycles. The summed E-state index contributed by atoms with van der Waals surface area (Å²) in [5, 5.41) is 3.26. The van der Waals surface area contributed by atoms with Crippen LogP contribution in [0.2, 0.25) is 0 Å². The minimum atomic E-state index is -0.0860. The van der Waals surface area contributed by atoms with Crippen molar-refractivity contribution < 1.29 is 4.79 Å². The number of benzene rings is 1. The molecule has 0 atom stereocenters. The molecule has 90 valence electrons. The summed E-state index contributed by atoms with van der Waals surface area (Å²) in [6.45, 7) is 0.933. The molecule has 0 bridgehead atoms. The van der Waals surface area contributed by atoms with Crippen LogP contribution in [0.15, 0.2) is 36.5 Å². The third kappa shape index (κ3) is 1.72. The van der Waals surface area contributed by atoms with Gasteiger partial charge >= 0.3 is 0 Å². The molecule has 1 aliphatic heterocycles. The number of ketones is 1. The fourth-order valence-electron chi connectivity index (χ4n) is 2.20. The molecule has 0 saturated heterocycles. The number of pyridine rings is 1. The Balaban J connectivity index is 2.01. The van der Waals surface area contributed by atoms with Gasteiger partial charge in [0.1, 0.15) is 5.82 Å². The highest BCUT2D eigenvalue weighted by molar-refractivity contribution is 6.12. The number of nitrogens with one attached hydrogen (secondary N) is 1. The highest BCUT2D eigenvalue weighted by Gasteiger charge is 2.16. The third-order valence-electron chi connectivity index (χ3n) is 3.17. The Morgan fingerprint density at radius 2 is 2.22 bits per heavy atom. The number of nitrogen functional groups attached to an aromatic ring is 1. The molecule has 2 aromatic rings. The lowest BCUT2D eigenvalue weighted by Crippen LogP contribution is -2.07. The Morgan fingerprint density at radius 3 is 3.06 bits per heavy atom. The molecule has 2 heterocycles.